The second-order valence-electron chi connectivity index (χ2n) is 3.15. The van der Waals surface area contributed by atoms with Crippen molar-refractivity contribution < 1.29 is 33.6 Å². The van der Waals surface area contributed by atoms with Gasteiger partial charge in [0.2, 0.25) is 0 Å². The van der Waals surface area contributed by atoms with E-state index in [2.05, 4.69) is 4.74 Å². The van der Waals surface area contributed by atoms with Gasteiger partial charge in [-0.25, -0.2) is 4.79 Å². The van der Waals surface area contributed by atoms with Gasteiger partial charge in [-0.15, -0.1) is 0 Å². The number of nitrogens with two attached hydrogens (primary N) is 1. The largest absolute Gasteiger partial charge is 0.481 e. The second kappa shape index (κ2) is 12.1. The number of carbonyl (C=O) groups excluding carboxylic acids is 1. The summed E-state index contributed by atoms with van der Waals surface area (Å²) in [5, 5.41) is 8.32. The number of aliphatic carboxylic acids is 1. The van der Waals surface area contributed by atoms with Crippen molar-refractivity contribution >= 4 is 12.1 Å². The molecule has 8 nitrogen and oxygen atoms in total. The molecule has 0 aromatic rings. The Kier molecular flexibility index (Phi) is 11.2. The standard InChI is InChI=1S/C10H19NO7/c11-10(14)18-8-7-17-6-5-16-4-3-15-2-1-9(12)13/h1-8H2,(H2,11,14)(H,12,13). The van der Waals surface area contributed by atoms with Gasteiger partial charge in [0.05, 0.1) is 46.1 Å². The summed E-state index contributed by atoms with van der Waals surface area (Å²) in [5.41, 5.74) is 4.74. The third-order valence-electron chi connectivity index (χ3n) is 1.68. The molecule has 0 saturated carbocycles. The van der Waals surface area contributed by atoms with Gasteiger partial charge < -0.3 is 29.8 Å². The normalized spacial score (nSPS) is 10.2. The summed E-state index contributed by atoms with van der Waals surface area (Å²) in [6.45, 7) is 2.05. The van der Waals surface area contributed by atoms with E-state index in [0.29, 0.717) is 26.4 Å². The van der Waals surface area contributed by atoms with Gasteiger partial charge in [-0.3, -0.25) is 4.79 Å². The molecule has 0 aromatic carbocycles. The SMILES string of the molecule is NC(=O)OCCOCCOCCOCCC(=O)O. The Labute approximate surface area is 105 Å². The Morgan fingerprint density at radius 1 is 0.833 bits per heavy atom. The van der Waals surface area contributed by atoms with Crippen LogP contribution in [0.25, 0.3) is 0 Å². The molecule has 0 spiro atoms. The number of primary amides is 1. The number of hydrogen-bond donors (Lipinski definition) is 2. The zero-order valence-corrected chi connectivity index (χ0v) is 10.1. The molecule has 0 aliphatic heterocycles. The molecule has 3 N–H and O–H groups in total. The molecule has 0 aromatic heterocycles. The lowest BCUT2D eigenvalue weighted by molar-refractivity contribution is -0.138. The Morgan fingerprint density at radius 3 is 1.72 bits per heavy atom. The van der Waals surface area contributed by atoms with Gasteiger partial charge in [0.15, 0.2) is 0 Å². The average Bonchev–Trinajstić information content (AvgIpc) is 2.29. The van der Waals surface area contributed by atoms with Gasteiger partial charge in [-0.2, -0.15) is 0 Å². The van der Waals surface area contributed by atoms with Gasteiger partial charge >= 0.3 is 12.1 Å². The molecular formula is C10H19NO7. The summed E-state index contributed by atoms with van der Waals surface area (Å²) in [5.74, 6) is -0.887. The van der Waals surface area contributed by atoms with Crippen molar-refractivity contribution in [2.75, 3.05) is 46.2 Å². The molecule has 1 amide bonds. The van der Waals surface area contributed by atoms with Crippen LogP contribution in [0.15, 0.2) is 0 Å². The number of carbonyl (C=O) groups is 2. The lowest BCUT2D eigenvalue weighted by atomic mass is 10.5. The topological polar surface area (TPSA) is 117 Å². The summed E-state index contributed by atoms with van der Waals surface area (Å²) in [6.07, 6.45) is -0.837. The number of hydrogen-bond acceptors (Lipinski definition) is 6. The summed E-state index contributed by atoms with van der Waals surface area (Å²) in [4.78, 5) is 20.3. The molecule has 0 rings (SSSR count). The van der Waals surface area contributed by atoms with E-state index in [0.717, 1.165) is 0 Å². The van der Waals surface area contributed by atoms with E-state index < -0.39 is 12.1 Å². The van der Waals surface area contributed by atoms with E-state index in [1.165, 1.54) is 0 Å². The van der Waals surface area contributed by atoms with E-state index in [1.807, 2.05) is 0 Å². The number of carboxylic acid groups (broad SMARTS) is 1. The summed E-state index contributed by atoms with van der Waals surface area (Å²) >= 11 is 0. The highest BCUT2D eigenvalue weighted by atomic mass is 16.6. The van der Waals surface area contributed by atoms with Crippen LogP contribution >= 0.6 is 0 Å². The highest BCUT2D eigenvalue weighted by molar-refractivity contribution is 5.66. The summed E-state index contributed by atoms with van der Waals surface area (Å²) in [6, 6.07) is 0. The molecule has 0 atom stereocenters. The lowest BCUT2D eigenvalue weighted by Gasteiger charge is -2.06. The number of amides is 1. The zero-order chi connectivity index (χ0) is 13.6. The van der Waals surface area contributed by atoms with E-state index in [-0.39, 0.29) is 26.2 Å². The second-order valence-corrected chi connectivity index (χ2v) is 3.15. The van der Waals surface area contributed by atoms with E-state index >= 15 is 0 Å². The van der Waals surface area contributed by atoms with Crippen molar-refractivity contribution in [1.29, 1.82) is 0 Å². The van der Waals surface area contributed by atoms with Crippen molar-refractivity contribution in [1.82, 2.24) is 0 Å². The Balaban J connectivity index is 2.99. The molecule has 0 saturated heterocycles. The first-order valence-electron chi connectivity index (χ1n) is 5.50. The number of ether oxygens (including phenoxy) is 4. The number of carboxylic acids is 1. The van der Waals surface area contributed by atoms with Crippen LogP contribution in [-0.2, 0) is 23.7 Å². The molecule has 0 heterocycles. The van der Waals surface area contributed by atoms with Crippen LogP contribution in [0, 0.1) is 0 Å². The first kappa shape index (κ1) is 16.6. The first-order valence-corrected chi connectivity index (χ1v) is 5.50. The Hall–Kier alpha value is -1.38. The van der Waals surface area contributed by atoms with Crippen LogP contribution in [0.5, 0.6) is 0 Å². The summed E-state index contributed by atoms with van der Waals surface area (Å²) in [7, 11) is 0. The Morgan fingerprint density at radius 2 is 1.28 bits per heavy atom. The fraction of sp³-hybridized carbons (Fsp3) is 0.800. The monoisotopic (exact) mass is 265 g/mol. The van der Waals surface area contributed by atoms with Crippen molar-refractivity contribution in [2.24, 2.45) is 5.73 Å². The maximum absolute atomic E-state index is 10.2. The fourth-order valence-electron chi connectivity index (χ4n) is 0.903. The Bertz CT molecular complexity index is 210. The van der Waals surface area contributed by atoms with Crippen LogP contribution in [0.4, 0.5) is 4.79 Å². The van der Waals surface area contributed by atoms with E-state index in [1.54, 1.807) is 0 Å². The molecule has 0 fully saturated rings. The molecular weight excluding hydrogens is 246 g/mol. The lowest BCUT2D eigenvalue weighted by Crippen LogP contribution is -2.17. The van der Waals surface area contributed by atoms with E-state index in [9.17, 15) is 9.59 Å². The van der Waals surface area contributed by atoms with Crippen LogP contribution < -0.4 is 5.73 Å². The van der Waals surface area contributed by atoms with Crippen molar-refractivity contribution in [3.05, 3.63) is 0 Å². The molecule has 8 heteroatoms. The molecule has 0 aliphatic carbocycles. The molecule has 0 unspecified atom stereocenters. The zero-order valence-electron chi connectivity index (χ0n) is 10.1. The van der Waals surface area contributed by atoms with Crippen molar-refractivity contribution in [3.8, 4) is 0 Å². The molecule has 18 heavy (non-hydrogen) atoms. The predicted molar refractivity (Wildman–Crippen MR) is 60.2 cm³/mol. The van der Waals surface area contributed by atoms with Gasteiger partial charge in [-0.1, -0.05) is 0 Å². The van der Waals surface area contributed by atoms with Crippen LogP contribution in [0.2, 0.25) is 0 Å². The van der Waals surface area contributed by atoms with Crippen LogP contribution in [0.1, 0.15) is 6.42 Å². The van der Waals surface area contributed by atoms with Gasteiger partial charge in [0.25, 0.3) is 0 Å². The molecule has 0 bridgehead atoms. The minimum absolute atomic E-state index is 0.0109. The van der Waals surface area contributed by atoms with E-state index in [4.69, 9.17) is 25.1 Å². The molecule has 0 aliphatic rings. The van der Waals surface area contributed by atoms with Gasteiger partial charge in [0, 0.05) is 0 Å². The fourth-order valence-corrected chi connectivity index (χ4v) is 0.903. The predicted octanol–water partition coefficient (Wildman–Crippen LogP) is -0.394. The quantitative estimate of drug-likeness (QED) is 0.461. The number of rotatable bonds is 12. The maximum atomic E-state index is 10.2. The first-order chi connectivity index (χ1) is 8.63. The highest BCUT2D eigenvalue weighted by Gasteiger charge is 1.96. The average molecular weight is 265 g/mol. The maximum Gasteiger partial charge on any atom is 0.404 e. The van der Waals surface area contributed by atoms with Gasteiger partial charge in [0.1, 0.15) is 6.61 Å². The van der Waals surface area contributed by atoms with Crippen LogP contribution in [0.3, 0.4) is 0 Å². The highest BCUT2D eigenvalue weighted by Crippen LogP contribution is 1.85. The third-order valence-corrected chi connectivity index (χ3v) is 1.68. The van der Waals surface area contributed by atoms with Crippen LogP contribution in [-0.4, -0.2) is 63.4 Å². The molecule has 106 valence electrons. The minimum atomic E-state index is -0.887. The van der Waals surface area contributed by atoms with Crippen molar-refractivity contribution in [3.63, 3.8) is 0 Å². The molecule has 0 radical (unpaired) electrons. The van der Waals surface area contributed by atoms with Crippen molar-refractivity contribution in [2.45, 2.75) is 6.42 Å². The summed E-state index contributed by atoms with van der Waals surface area (Å²) < 4.78 is 19.6. The third kappa shape index (κ3) is 14.6. The smallest absolute Gasteiger partial charge is 0.404 e. The minimum Gasteiger partial charge on any atom is -0.481 e. The van der Waals surface area contributed by atoms with Gasteiger partial charge in [-0.05, 0) is 0 Å².